The number of hydrogen-bond acceptors (Lipinski definition) is 6. The topological polar surface area (TPSA) is 93.2 Å². The Morgan fingerprint density at radius 2 is 1.67 bits per heavy atom. The van der Waals surface area contributed by atoms with E-state index in [2.05, 4.69) is 5.32 Å². The molecule has 9 nitrogen and oxygen atoms in total. The summed E-state index contributed by atoms with van der Waals surface area (Å²) in [5.41, 5.74) is 2.72. The Bertz CT molecular complexity index is 1280. The minimum Gasteiger partial charge on any atom is -0.493 e. The summed E-state index contributed by atoms with van der Waals surface area (Å²) in [4.78, 5) is 34.4. The monoisotopic (exact) mass is 490 g/mol. The van der Waals surface area contributed by atoms with Crippen molar-refractivity contribution >= 4 is 22.8 Å². The van der Waals surface area contributed by atoms with Crippen LogP contribution in [0.1, 0.15) is 23.2 Å². The van der Waals surface area contributed by atoms with Crippen LogP contribution in [0.5, 0.6) is 17.2 Å². The molecule has 9 heteroatoms. The van der Waals surface area contributed by atoms with Crippen molar-refractivity contribution in [3.05, 3.63) is 48.0 Å². The number of para-hydroxylation sites is 1. The zero-order valence-electron chi connectivity index (χ0n) is 20.7. The van der Waals surface area contributed by atoms with Gasteiger partial charge < -0.3 is 29.3 Å². The van der Waals surface area contributed by atoms with Crippen molar-refractivity contribution < 1.29 is 23.8 Å². The Kier molecular flexibility index (Phi) is 6.54. The number of nitrogens with zero attached hydrogens (tertiary/aromatic N) is 3. The van der Waals surface area contributed by atoms with Gasteiger partial charge in [0.15, 0.2) is 11.5 Å². The Morgan fingerprint density at radius 3 is 2.28 bits per heavy atom. The first kappa shape index (κ1) is 23.7. The van der Waals surface area contributed by atoms with Crippen LogP contribution in [0, 0.1) is 0 Å². The van der Waals surface area contributed by atoms with Crippen LogP contribution in [-0.4, -0.2) is 80.3 Å². The molecule has 0 spiro atoms. The van der Waals surface area contributed by atoms with E-state index in [0.29, 0.717) is 48.1 Å². The van der Waals surface area contributed by atoms with Crippen LogP contribution in [-0.2, 0) is 0 Å². The van der Waals surface area contributed by atoms with E-state index in [0.717, 1.165) is 35.9 Å². The third kappa shape index (κ3) is 4.25. The second-order valence-corrected chi connectivity index (χ2v) is 8.93. The zero-order valence-corrected chi connectivity index (χ0v) is 20.7. The number of carbonyl (C=O) groups excluding carboxylic acids is 2. The molecule has 188 valence electrons. The van der Waals surface area contributed by atoms with Crippen LogP contribution >= 0.6 is 0 Å². The molecule has 3 aromatic rings. The fourth-order valence-electron chi connectivity index (χ4n) is 5.11. The molecule has 2 aliphatic rings. The molecule has 3 amide bonds. The quantitative estimate of drug-likeness (QED) is 0.568. The molecular weight excluding hydrogens is 460 g/mol. The second kappa shape index (κ2) is 9.93. The lowest BCUT2D eigenvalue weighted by atomic mass is 9.99. The van der Waals surface area contributed by atoms with Gasteiger partial charge in [0.25, 0.3) is 5.91 Å². The largest absolute Gasteiger partial charge is 0.493 e. The minimum atomic E-state index is -0.0355. The van der Waals surface area contributed by atoms with E-state index < -0.39 is 0 Å². The Hall–Kier alpha value is -4.01. The number of rotatable bonds is 6. The lowest BCUT2D eigenvalue weighted by Gasteiger charge is -2.36. The normalized spacial score (nSPS) is 16.2. The number of piperidine rings is 1. The number of likely N-dealkylation sites (tertiary alicyclic amines) is 1. The number of benzene rings is 2. The van der Waals surface area contributed by atoms with Crippen molar-refractivity contribution in [2.75, 3.05) is 47.5 Å². The molecule has 1 N–H and O–H groups in total. The van der Waals surface area contributed by atoms with E-state index in [1.165, 1.54) is 0 Å². The molecule has 2 aliphatic heterocycles. The number of hydrogen-bond donors (Lipinski definition) is 1. The Labute approximate surface area is 209 Å². The SMILES string of the molecule is COc1cc(-c2cc(C(=O)N3CCC(N4CCNC4=O)CC3)c3ccccc3n2)cc(OC)c1OC. The fourth-order valence-corrected chi connectivity index (χ4v) is 5.11. The van der Waals surface area contributed by atoms with Gasteiger partial charge in [0.1, 0.15) is 0 Å². The van der Waals surface area contributed by atoms with Gasteiger partial charge >= 0.3 is 6.03 Å². The number of aromatic nitrogens is 1. The maximum atomic E-state index is 13.8. The van der Waals surface area contributed by atoms with Gasteiger partial charge in [0.2, 0.25) is 5.75 Å². The summed E-state index contributed by atoms with van der Waals surface area (Å²) in [7, 11) is 4.70. The molecule has 0 aliphatic carbocycles. The second-order valence-electron chi connectivity index (χ2n) is 8.93. The maximum absolute atomic E-state index is 13.8. The van der Waals surface area contributed by atoms with Gasteiger partial charge in [-0.1, -0.05) is 18.2 Å². The van der Waals surface area contributed by atoms with Crippen LogP contribution < -0.4 is 19.5 Å². The third-order valence-corrected chi connectivity index (χ3v) is 6.99. The van der Waals surface area contributed by atoms with Crippen molar-refractivity contribution in [2.45, 2.75) is 18.9 Å². The predicted molar refractivity (Wildman–Crippen MR) is 136 cm³/mol. The highest BCUT2D eigenvalue weighted by Crippen LogP contribution is 2.41. The molecule has 2 aromatic carbocycles. The molecule has 0 unspecified atom stereocenters. The lowest BCUT2D eigenvalue weighted by molar-refractivity contribution is 0.0668. The van der Waals surface area contributed by atoms with E-state index in [1.54, 1.807) is 21.3 Å². The molecule has 3 heterocycles. The van der Waals surface area contributed by atoms with Crippen LogP contribution in [0.15, 0.2) is 42.5 Å². The lowest BCUT2D eigenvalue weighted by Crippen LogP contribution is -2.47. The summed E-state index contributed by atoms with van der Waals surface area (Å²) in [6, 6.07) is 13.3. The first-order valence-corrected chi connectivity index (χ1v) is 12.1. The molecule has 36 heavy (non-hydrogen) atoms. The molecule has 2 fully saturated rings. The van der Waals surface area contributed by atoms with Gasteiger partial charge in [-0.2, -0.15) is 0 Å². The molecular formula is C27H30N4O5. The van der Waals surface area contributed by atoms with Crippen LogP contribution in [0.3, 0.4) is 0 Å². The number of carbonyl (C=O) groups is 2. The van der Waals surface area contributed by atoms with Gasteiger partial charge in [0.05, 0.1) is 38.1 Å². The van der Waals surface area contributed by atoms with Gasteiger partial charge in [0, 0.05) is 43.2 Å². The predicted octanol–water partition coefficient (Wildman–Crippen LogP) is 3.56. The molecule has 2 saturated heterocycles. The average Bonchev–Trinajstić information content (AvgIpc) is 3.36. The van der Waals surface area contributed by atoms with Crippen LogP contribution in [0.4, 0.5) is 4.79 Å². The summed E-state index contributed by atoms with van der Waals surface area (Å²) >= 11 is 0. The summed E-state index contributed by atoms with van der Waals surface area (Å²) in [5, 5.41) is 3.67. The van der Waals surface area contributed by atoms with E-state index >= 15 is 0 Å². The maximum Gasteiger partial charge on any atom is 0.317 e. The van der Waals surface area contributed by atoms with E-state index in [-0.39, 0.29) is 18.0 Å². The third-order valence-electron chi connectivity index (χ3n) is 6.99. The van der Waals surface area contributed by atoms with Gasteiger partial charge in [-0.05, 0) is 37.1 Å². The highest BCUT2D eigenvalue weighted by Gasteiger charge is 2.32. The first-order valence-electron chi connectivity index (χ1n) is 12.1. The number of ether oxygens (including phenoxy) is 3. The fraction of sp³-hybridized carbons (Fsp3) is 0.370. The van der Waals surface area contributed by atoms with Gasteiger partial charge in [-0.3, -0.25) is 4.79 Å². The number of methoxy groups -OCH3 is 3. The number of amides is 3. The standard InChI is InChI=1S/C27H30N4O5/c1-34-23-14-17(15-24(35-2)25(23)36-3)22-16-20(19-6-4-5-7-21(19)29-22)26(32)30-11-8-18(9-12-30)31-13-10-28-27(31)33/h4-7,14-16,18H,8-13H2,1-3H3,(H,28,33). The molecule has 0 saturated carbocycles. The molecule has 1 aromatic heterocycles. The van der Waals surface area contributed by atoms with Crippen molar-refractivity contribution in [1.29, 1.82) is 0 Å². The molecule has 5 rings (SSSR count). The van der Waals surface area contributed by atoms with Gasteiger partial charge in [-0.25, -0.2) is 9.78 Å². The zero-order chi connectivity index (χ0) is 25.2. The Balaban J connectivity index is 1.49. The Morgan fingerprint density at radius 1 is 0.972 bits per heavy atom. The van der Waals surface area contributed by atoms with Crippen molar-refractivity contribution in [1.82, 2.24) is 20.1 Å². The summed E-state index contributed by atoms with van der Waals surface area (Å²) in [6.45, 7) is 2.61. The number of fused-ring (bicyclic) bond motifs is 1. The molecule has 0 atom stereocenters. The van der Waals surface area contributed by atoms with E-state index in [1.807, 2.05) is 52.3 Å². The van der Waals surface area contributed by atoms with Crippen LogP contribution in [0.25, 0.3) is 22.2 Å². The van der Waals surface area contributed by atoms with Crippen molar-refractivity contribution in [2.24, 2.45) is 0 Å². The van der Waals surface area contributed by atoms with Crippen molar-refractivity contribution in [3.63, 3.8) is 0 Å². The smallest absolute Gasteiger partial charge is 0.317 e. The van der Waals surface area contributed by atoms with E-state index in [9.17, 15) is 9.59 Å². The summed E-state index contributed by atoms with van der Waals surface area (Å²) < 4.78 is 16.5. The van der Waals surface area contributed by atoms with Crippen LogP contribution in [0.2, 0.25) is 0 Å². The van der Waals surface area contributed by atoms with Crippen molar-refractivity contribution in [3.8, 4) is 28.5 Å². The highest BCUT2D eigenvalue weighted by atomic mass is 16.5. The van der Waals surface area contributed by atoms with Gasteiger partial charge in [-0.15, -0.1) is 0 Å². The minimum absolute atomic E-state index is 0.00473. The highest BCUT2D eigenvalue weighted by molar-refractivity contribution is 6.07. The number of urea groups is 1. The number of pyridine rings is 1. The first-order chi connectivity index (χ1) is 17.5. The molecule has 0 bridgehead atoms. The average molecular weight is 491 g/mol. The number of nitrogens with one attached hydrogen (secondary N) is 1. The summed E-state index contributed by atoms with van der Waals surface area (Å²) in [5.74, 6) is 1.49. The van der Waals surface area contributed by atoms with E-state index in [4.69, 9.17) is 19.2 Å². The summed E-state index contributed by atoms with van der Waals surface area (Å²) in [6.07, 6.45) is 1.53. The molecule has 0 radical (unpaired) electrons.